The fourth-order valence-electron chi connectivity index (χ4n) is 1.78. The minimum Gasteiger partial charge on any atom is -0.315 e. The predicted molar refractivity (Wildman–Crippen MR) is 75.1 cm³/mol. The lowest BCUT2D eigenvalue weighted by Crippen LogP contribution is -2.37. The largest absolute Gasteiger partial charge is 0.315 e. The van der Waals surface area contributed by atoms with Crippen molar-refractivity contribution >= 4 is 0 Å². The van der Waals surface area contributed by atoms with Gasteiger partial charge in [0.15, 0.2) is 0 Å². The highest BCUT2D eigenvalue weighted by Gasteiger charge is 2.04. The Morgan fingerprint density at radius 3 is 2.56 bits per heavy atom. The molecule has 2 nitrogen and oxygen atoms in total. The van der Waals surface area contributed by atoms with Gasteiger partial charge in [0.25, 0.3) is 0 Å². The molecule has 1 unspecified atom stereocenters. The molecule has 0 fully saturated rings. The lowest BCUT2D eigenvalue weighted by Gasteiger charge is -2.16. The van der Waals surface area contributed by atoms with Gasteiger partial charge in [-0.3, -0.25) is 0 Å². The van der Waals surface area contributed by atoms with Crippen molar-refractivity contribution in [2.24, 2.45) is 5.92 Å². The molecule has 0 amide bonds. The molecule has 102 valence electrons. The summed E-state index contributed by atoms with van der Waals surface area (Å²) in [5, 5.41) is 6.82. The van der Waals surface area contributed by atoms with E-state index in [0.29, 0.717) is 18.5 Å². The number of aryl methyl sites for hydroxylation is 1. The number of hydrogen-bond donors (Lipinski definition) is 2. The van der Waals surface area contributed by atoms with E-state index in [1.165, 1.54) is 6.07 Å². The number of nitrogens with one attached hydrogen (secondary N) is 2. The van der Waals surface area contributed by atoms with Gasteiger partial charge in [0.2, 0.25) is 0 Å². The van der Waals surface area contributed by atoms with Crippen molar-refractivity contribution < 1.29 is 4.39 Å². The molecule has 1 rings (SSSR count). The fraction of sp³-hybridized carbons (Fsp3) is 0.600. The van der Waals surface area contributed by atoms with Gasteiger partial charge in [-0.05, 0) is 49.6 Å². The van der Waals surface area contributed by atoms with E-state index in [1.54, 1.807) is 6.07 Å². The van der Waals surface area contributed by atoms with Crippen LogP contribution in [0, 0.1) is 18.7 Å². The summed E-state index contributed by atoms with van der Waals surface area (Å²) < 4.78 is 13.1. The zero-order valence-electron chi connectivity index (χ0n) is 11.9. The van der Waals surface area contributed by atoms with Crippen LogP contribution in [0.2, 0.25) is 0 Å². The van der Waals surface area contributed by atoms with Crippen molar-refractivity contribution in [3.63, 3.8) is 0 Å². The van der Waals surface area contributed by atoms with E-state index >= 15 is 0 Å². The van der Waals surface area contributed by atoms with Crippen LogP contribution in [0.15, 0.2) is 18.2 Å². The molecule has 1 atom stereocenters. The molecule has 0 bridgehead atoms. The van der Waals surface area contributed by atoms with Crippen molar-refractivity contribution in [3.8, 4) is 0 Å². The Labute approximate surface area is 110 Å². The molecule has 3 heteroatoms. The summed E-state index contributed by atoms with van der Waals surface area (Å²) in [7, 11) is 0. The maximum atomic E-state index is 13.1. The molecule has 2 N–H and O–H groups in total. The van der Waals surface area contributed by atoms with Gasteiger partial charge in [-0.1, -0.05) is 19.9 Å². The summed E-state index contributed by atoms with van der Waals surface area (Å²) in [4.78, 5) is 0. The second-order valence-electron chi connectivity index (χ2n) is 5.40. The van der Waals surface area contributed by atoms with Crippen molar-refractivity contribution in [3.05, 3.63) is 35.1 Å². The van der Waals surface area contributed by atoms with Crippen molar-refractivity contribution in [1.82, 2.24) is 10.6 Å². The molecule has 0 spiro atoms. The number of hydrogen-bond acceptors (Lipinski definition) is 2. The van der Waals surface area contributed by atoms with Gasteiger partial charge in [-0.15, -0.1) is 0 Å². The zero-order chi connectivity index (χ0) is 13.5. The monoisotopic (exact) mass is 252 g/mol. The van der Waals surface area contributed by atoms with Gasteiger partial charge >= 0.3 is 0 Å². The quantitative estimate of drug-likeness (QED) is 0.779. The minimum atomic E-state index is -0.164. The molecule has 0 aliphatic carbocycles. The Morgan fingerprint density at radius 2 is 1.89 bits per heavy atom. The number of halogens is 1. The summed E-state index contributed by atoms with van der Waals surface area (Å²) in [5.74, 6) is 0.505. The lowest BCUT2D eigenvalue weighted by atomic mass is 10.1. The maximum Gasteiger partial charge on any atom is 0.123 e. The molecule has 0 saturated heterocycles. The van der Waals surface area contributed by atoms with Crippen LogP contribution in [0.5, 0.6) is 0 Å². The van der Waals surface area contributed by atoms with E-state index in [-0.39, 0.29) is 5.82 Å². The van der Waals surface area contributed by atoms with E-state index in [2.05, 4.69) is 31.4 Å². The second kappa shape index (κ2) is 7.49. The highest BCUT2D eigenvalue weighted by Crippen LogP contribution is 2.09. The Balaban J connectivity index is 2.33. The number of rotatable bonds is 7. The van der Waals surface area contributed by atoms with Gasteiger partial charge < -0.3 is 10.6 Å². The molecule has 0 heterocycles. The lowest BCUT2D eigenvalue weighted by molar-refractivity contribution is 0.471. The average molecular weight is 252 g/mol. The van der Waals surface area contributed by atoms with Crippen molar-refractivity contribution in [1.29, 1.82) is 0 Å². The van der Waals surface area contributed by atoms with Gasteiger partial charge in [-0.25, -0.2) is 4.39 Å². The Hall–Kier alpha value is -0.930. The Kier molecular flexibility index (Phi) is 6.30. The van der Waals surface area contributed by atoms with Gasteiger partial charge in [0.05, 0.1) is 0 Å². The smallest absolute Gasteiger partial charge is 0.123 e. The van der Waals surface area contributed by atoms with E-state index in [9.17, 15) is 4.39 Å². The number of benzene rings is 1. The first kappa shape index (κ1) is 15.1. The second-order valence-corrected chi connectivity index (χ2v) is 5.40. The Bertz CT molecular complexity index is 364. The normalized spacial score (nSPS) is 13.0. The minimum absolute atomic E-state index is 0.164. The summed E-state index contributed by atoms with van der Waals surface area (Å²) in [5.41, 5.74) is 2.16. The summed E-state index contributed by atoms with van der Waals surface area (Å²) in [6, 6.07) is 5.32. The topological polar surface area (TPSA) is 24.1 Å². The molecule has 0 saturated carbocycles. The van der Waals surface area contributed by atoms with E-state index in [1.807, 2.05) is 13.0 Å². The van der Waals surface area contributed by atoms with E-state index in [0.717, 1.165) is 24.2 Å². The van der Waals surface area contributed by atoms with Crippen LogP contribution in [0.1, 0.15) is 31.9 Å². The summed E-state index contributed by atoms with van der Waals surface area (Å²) in [6.07, 6.45) is 0. The summed E-state index contributed by atoms with van der Waals surface area (Å²) >= 11 is 0. The molecule has 18 heavy (non-hydrogen) atoms. The molecule has 1 aromatic carbocycles. The molecular formula is C15H25FN2. The van der Waals surface area contributed by atoms with Gasteiger partial charge in [-0.2, -0.15) is 0 Å². The molecular weight excluding hydrogens is 227 g/mol. The maximum absolute atomic E-state index is 13.1. The first-order chi connectivity index (χ1) is 8.49. The van der Waals surface area contributed by atoms with E-state index < -0.39 is 0 Å². The van der Waals surface area contributed by atoms with Crippen LogP contribution in [0.3, 0.4) is 0 Å². The van der Waals surface area contributed by atoms with Crippen molar-refractivity contribution in [2.45, 2.75) is 40.3 Å². The standard InChI is InChI=1S/C15H25FN2/c1-11(2)8-17-9-13(4)18-10-14-7-15(16)6-5-12(14)3/h5-7,11,13,17-18H,8-10H2,1-4H3. The highest BCUT2D eigenvalue weighted by atomic mass is 19.1. The van der Waals surface area contributed by atoms with Gasteiger partial charge in [0.1, 0.15) is 5.82 Å². The first-order valence-electron chi connectivity index (χ1n) is 6.68. The molecule has 0 radical (unpaired) electrons. The third kappa shape index (κ3) is 5.61. The van der Waals surface area contributed by atoms with Crippen LogP contribution in [-0.2, 0) is 6.54 Å². The van der Waals surface area contributed by atoms with Gasteiger partial charge in [0, 0.05) is 19.1 Å². The first-order valence-corrected chi connectivity index (χ1v) is 6.68. The predicted octanol–water partition coefficient (Wildman–Crippen LogP) is 2.86. The van der Waals surface area contributed by atoms with Crippen LogP contribution in [0.25, 0.3) is 0 Å². The SMILES string of the molecule is Cc1ccc(F)cc1CNC(C)CNCC(C)C. The molecule has 0 aliphatic heterocycles. The van der Waals surface area contributed by atoms with Crippen molar-refractivity contribution in [2.75, 3.05) is 13.1 Å². The van der Waals surface area contributed by atoms with Crippen LogP contribution < -0.4 is 10.6 Å². The Morgan fingerprint density at radius 1 is 1.17 bits per heavy atom. The average Bonchev–Trinajstić information content (AvgIpc) is 2.30. The fourth-order valence-corrected chi connectivity index (χ4v) is 1.78. The zero-order valence-corrected chi connectivity index (χ0v) is 11.9. The van der Waals surface area contributed by atoms with E-state index in [4.69, 9.17) is 0 Å². The third-order valence-corrected chi connectivity index (χ3v) is 2.96. The third-order valence-electron chi connectivity index (χ3n) is 2.96. The highest BCUT2D eigenvalue weighted by molar-refractivity contribution is 5.26. The molecule has 1 aromatic rings. The van der Waals surface area contributed by atoms with Crippen LogP contribution >= 0.6 is 0 Å². The molecule has 0 aromatic heterocycles. The summed E-state index contributed by atoms with van der Waals surface area (Å²) in [6.45, 7) is 11.2. The van der Waals surface area contributed by atoms with Crippen LogP contribution in [-0.4, -0.2) is 19.1 Å². The van der Waals surface area contributed by atoms with Crippen LogP contribution in [0.4, 0.5) is 4.39 Å². The molecule has 0 aliphatic rings.